The Morgan fingerprint density at radius 2 is 1.15 bits per heavy atom. The van der Waals surface area contributed by atoms with Gasteiger partial charge in [0.1, 0.15) is 11.5 Å². The highest BCUT2D eigenvalue weighted by Crippen LogP contribution is 2.17. The lowest BCUT2D eigenvalue weighted by molar-refractivity contribution is 0.414. The van der Waals surface area contributed by atoms with Crippen molar-refractivity contribution in [2.45, 2.75) is 25.7 Å². The molecule has 0 aliphatic heterocycles. The van der Waals surface area contributed by atoms with Crippen LogP contribution in [0, 0.1) is 0 Å². The third-order valence-corrected chi connectivity index (χ3v) is 3.45. The van der Waals surface area contributed by atoms with Gasteiger partial charge >= 0.3 is 0 Å². The quantitative estimate of drug-likeness (QED) is 0.699. The number of hydrogen-bond donors (Lipinski definition) is 0. The fraction of sp³-hybridized carbons (Fsp3) is 0.333. The van der Waals surface area contributed by atoms with Crippen molar-refractivity contribution in [3.8, 4) is 11.5 Å². The summed E-state index contributed by atoms with van der Waals surface area (Å²) in [5.41, 5.74) is 2.69. The fourth-order valence-electron chi connectivity index (χ4n) is 2.31. The lowest BCUT2D eigenvalue weighted by Crippen LogP contribution is -1.91. The van der Waals surface area contributed by atoms with E-state index in [0.29, 0.717) is 0 Å². The third kappa shape index (κ3) is 4.30. The molecule has 0 bridgehead atoms. The average molecular weight is 270 g/mol. The summed E-state index contributed by atoms with van der Waals surface area (Å²) in [4.78, 5) is 0. The van der Waals surface area contributed by atoms with Gasteiger partial charge in [-0.15, -0.1) is 0 Å². The predicted octanol–water partition coefficient (Wildman–Crippen LogP) is 4.27. The topological polar surface area (TPSA) is 18.5 Å². The minimum absolute atomic E-state index is 0.940. The molecular weight excluding hydrogens is 248 g/mol. The summed E-state index contributed by atoms with van der Waals surface area (Å²) in [6, 6.07) is 16.6. The van der Waals surface area contributed by atoms with Crippen LogP contribution in [-0.2, 0) is 12.8 Å². The molecule has 2 rings (SSSR count). The van der Waals surface area contributed by atoms with Crippen molar-refractivity contribution in [1.82, 2.24) is 0 Å². The number of rotatable bonds is 7. The average Bonchev–Trinajstić information content (AvgIpc) is 2.52. The number of aryl methyl sites for hydroxylation is 2. The molecule has 20 heavy (non-hydrogen) atoms. The van der Waals surface area contributed by atoms with Gasteiger partial charge in [-0.05, 0) is 61.1 Å². The second-order valence-electron chi connectivity index (χ2n) is 4.91. The van der Waals surface area contributed by atoms with Crippen LogP contribution in [0.4, 0.5) is 0 Å². The van der Waals surface area contributed by atoms with Gasteiger partial charge in [-0.1, -0.05) is 24.3 Å². The Labute approximate surface area is 121 Å². The van der Waals surface area contributed by atoms with Gasteiger partial charge in [0.25, 0.3) is 0 Å². The van der Waals surface area contributed by atoms with Gasteiger partial charge in [-0.2, -0.15) is 0 Å². The summed E-state index contributed by atoms with van der Waals surface area (Å²) in [5, 5.41) is 0. The van der Waals surface area contributed by atoms with Crippen LogP contribution in [0.5, 0.6) is 11.5 Å². The highest BCUT2D eigenvalue weighted by Gasteiger charge is 1.99. The van der Waals surface area contributed by atoms with Crippen LogP contribution < -0.4 is 9.47 Å². The van der Waals surface area contributed by atoms with Crippen LogP contribution >= 0.6 is 0 Å². The maximum absolute atomic E-state index is 5.24. The Morgan fingerprint density at radius 3 is 1.55 bits per heavy atom. The molecular formula is C18H22O2. The van der Waals surface area contributed by atoms with Gasteiger partial charge in [0.05, 0.1) is 14.2 Å². The summed E-state index contributed by atoms with van der Waals surface area (Å²) < 4.78 is 10.5. The highest BCUT2D eigenvalue weighted by molar-refractivity contribution is 5.29. The van der Waals surface area contributed by atoms with Gasteiger partial charge in [0.15, 0.2) is 0 Å². The Hall–Kier alpha value is -1.96. The molecule has 2 aromatic carbocycles. The van der Waals surface area contributed by atoms with E-state index in [4.69, 9.17) is 9.47 Å². The van der Waals surface area contributed by atoms with E-state index in [1.165, 1.54) is 24.0 Å². The number of benzene rings is 2. The van der Waals surface area contributed by atoms with Crippen molar-refractivity contribution in [2.75, 3.05) is 14.2 Å². The largest absolute Gasteiger partial charge is 0.497 e. The first-order valence-electron chi connectivity index (χ1n) is 7.07. The van der Waals surface area contributed by atoms with Crippen LogP contribution in [0.2, 0.25) is 0 Å². The number of ether oxygens (including phenoxy) is 2. The monoisotopic (exact) mass is 270 g/mol. The molecule has 0 aliphatic carbocycles. The smallest absolute Gasteiger partial charge is 0.119 e. The second kappa shape index (κ2) is 7.59. The fourth-order valence-corrected chi connectivity index (χ4v) is 2.31. The Morgan fingerprint density at radius 1 is 0.700 bits per heavy atom. The Balaban J connectivity index is 1.78. The lowest BCUT2D eigenvalue weighted by Gasteiger charge is -2.06. The first kappa shape index (κ1) is 14.4. The molecule has 0 atom stereocenters. The summed E-state index contributed by atoms with van der Waals surface area (Å²) in [6.07, 6.45) is 4.57. The third-order valence-electron chi connectivity index (χ3n) is 3.45. The summed E-state index contributed by atoms with van der Waals surface area (Å²) in [6.45, 7) is 0. The van der Waals surface area contributed by atoms with Gasteiger partial charge < -0.3 is 9.47 Å². The van der Waals surface area contributed by atoms with Crippen LogP contribution in [0.15, 0.2) is 48.5 Å². The molecule has 2 aromatic rings. The molecule has 0 heterocycles. The van der Waals surface area contributed by atoms with Crippen LogP contribution in [-0.4, -0.2) is 14.2 Å². The van der Waals surface area contributed by atoms with E-state index < -0.39 is 0 Å². The Kier molecular flexibility index (Phi) is 5.48. The molecule has 106 valence electrons. The molecule has 2 nitrogen and oxygen atoms in total. The Bertz CT molecular complexity index is 485. The minimum atomic E-state index is 0.940. The molecule has 0 unspecified atom stereocenters. The van der Waals surface area contributed by atoms with Gasteiger partial charge in [0, 0.05) is 0 Å². The maximum Gasteiger partial charge on any atom is 0.119 e. The van der Waals surface area contributed by atoms with E-state index in [2.05, 4.69) is 36.4 Å². The van der Waals surface area contributed by atoms with E-state index in [-0.39, 0.29) is 0 Å². The van der Waals surface area contributed by atoms with Crippen LogP contribution in [0.1, 0.15) is 24.0 Å². The van der Waals surface area contributed by atoms with Crippen molar-refractivity contribution >= 4 is 0 Å². The zero-order chi connectivity index (χ0) is 14.2. The van der Waals surface area contributed by atoms with Crippen LogP contribution in [0.25, 0.3) is 0 Å². The van der Waals surface area contributed by atoms with Crippen molar-refractivity contribution in [2.24, 2.45) is 0 Å². The van der Waals surface area contributed by atoms with E-state index in [1.807, 2.05) is 12.1 Å². The molecule has 0 fully saturated rings. The van der Waals surface area contributed by atoms with E-state index in [9.17, 15) is 0 Å². The molecule has 0 saturated carbocycles. The van der Waals surface area contributed by atoms with Crippen LogP contribution in [0.3, 0.4) is 0 Å². The highest BCUT2D eigenvalue weighted by atomic mass is 16.5. The van der Waals surface area contributed by atoms with Crippen molar-refractivity contribution in [1.29, 1.82) is 0 Å². The van der Waals surface area contributed by atoms with Crippen molar-refractivity contribution in [3.63, 3.8) is 0 Å². The SMILES string of the molecule is COc1cccc(CCCCc2cccc(OC)c2)c1. The summed E-state index contributed by atoms with van der Waals surface area (Å²) >= 11 is 0. The van der Waals surface area contributed by atoms with Gasteiger partial charge in [0.2, 0.25) is 0 Å². The van der Waals surface area contributed by atoms with E-state index in [1.54, 1.807) is 14.2 Å². The molecule has 0 spiro atoms. The number of methoxy groups -OCH3 is 2. The zero-order valence-corrected chi connectivity index (χ0v) is 12.3. The molecule has 0 amide bonds. The molecule has 0 aromatic heterocycles. The molecule has 0 radical (unpaired) electrons. The number of unbranched alkanes of at least 4 members (excludes halogenated alkanes) is 1. The first-order chi connectivity index (χ1) is 9.81. The predicted molar refractivity (Wildman–Crippen MR) is 82.6 cm³/mol. The zero-order valence-electron chi connectivity index (χ0n) is 12.3. The standard InChI is InChI=1S/C18H22O2/c1-19-17-11-5-9-15(13-17)7-3-4-8-16-10-6-12-18(14-16)20-2/h5-6,9-14H,3-4,7-8H2,1-2H3. The molecule has 0 aliphatic rings. The summed E-state index contributed by atoms with van der Waals surface area (Å²) in [7, 11) is 3.42. The first-order valence-corrected chi connectivity index (χ1v) is 7.07. The maximum atomic E-state index is 5.24. The van der Waals surface area contributed by atoms with E-state index in [0.717, 1.165) is 24.3 Å². The molecule has 0 saturated heterocycles. The van der Waals surface area contributed by atoms with E-state index >= 15 is 0 Å². The van der Waals surface area contributed by atoms with Gasteiger partial charge in [-0.3, -0.25) is 0 Å². The molecule has 2 heteroatoms. The normalized spacial score (nSPS) is 10.3. The second-order valence-corrected chi connectivity index (χ2v) is 4.91. The van der Waals surface area contributed by atoms with Crippen molar-refractivity contribution in [3.05, 3.63) is 59.7 Å². The summed E-state index contributed by atoms with van der Waals surface area (Å²) in [5.74, 6) is 1.88. The minimum Gasteiger partial charge on any atom is -0.497 e. The number of hydrogen-bond acceptors (Lipinski definition) is 2. The van der Waals surface area contributed by atoms with Crippen molar-refractivity contribution < 1.29 is 9.47 Å². The molecule has 0 N–H and O–H groups in total. The lowest BCUT2D eigenvalue weighted by atomic mass is 10.0. The van der Waals surface area contributed by atoms with Gasteiger partial charge in [-0.25, -0.2) is 0 Å².